The quantitative estimate of drug-likeness (QED) is 0.682. The zero-order chi connectivity index (χ0) is 15.6. The Hall–Kier alpha value is -1.62. The Balaban J connectivity index is 2.32. The zero-order valence-electron chi connectivity index (χ0n) is 13.0. The van der Waals surface area contributed by atoms with Gasteiger partial charge in [0.25, 0.3) is 5.69 Å². The average molecular weight is 292 g/mol. The fourth-order valence-electron chi connectivity index (χ4n) is 2.88. The predicted octanol–water partition coefficient (Wildman–Crippen LogP) is 3.66. The highest BCUT2D eigenvalue weighted by Gasteiger charge is 2.27. The molecule has 2 rings (SSSR count). The van der Waals surface area contributed by atoms with Crippen LogP contribution >= 0.6 is 0 Å². The summed E-state index contributed by atoms with van der Waals surface area (Å²) < 4.78 is 0. The van der Waals surface area contributed by atoms with Gasteiger partial charge in [-0.2, -0.15) is 0 Å². The van der Waals surface area contributed by atoms with E-state index in [2.05, 4.69) is 18.7 Å². The number of hydrogen-bond donors (Lipinski definition) is 1. The maximum absolute atomic E-state index is 11.3. The average Bonchev–Trinajstić information content (AvgIpc) is 2.59. The van der Waals surface area contributed by atoms with Crippen molar-refractivity contribution in [2.45, 2.75) is 46.1 Å². The van der Waals surface area contributed by atoms with Gasteiger partial charge in [-0.25, -0.2) is 0 Å². The molecule has 1 atom stereocenters. The standard InChI is InChI=1S/C16H24N2O3/c1-12(19)13-5-6-14(15(11-13)18(20)21)17-9-4-7-16(2,3)8-10-17/h5-6,11-12,19H,4,7-10H2,1-3H3/t12-/m1/s1. The smallest absolute Gasteiger partial charge is 0.292 e. The van der Waals surface area contributed by atoms with Crippen molar-refractivity contribution in [3.8, 4) is 0 Å². The van der Waals surface area contributed by atoms with Crippen molar-refractivity contribution >= 4 is 11.4 Å². The lowest BCUT2D eigenvalue weighted by atomic mass is 9.85. The SMILES string of the molecule is C[C@@H](O)c1ccc(N2CCCC(C)(C)CC2)c([N+](=O)[O-])c1. The van der Waals surface area contributed by atoms with E-state index in [1.54, 1.807) is 19.1 Å². The van der Waals surface area contributed by atoms with Crippen LogP contribution in [0.25, 0.3) is 0 Å². The first kappa shape index (κ1) is 15.8. The van der Waals surface area contributed by atoms with Crippen molar-refractivity contribution in [3.05, 3.63) is 33.9 Å². The van der Waals surface area contributed by atoms with E-state index in [0.29, 0.717) is 16.7 Å². The summed E-state index contributed by atoms with van der Waals surface area (Å²) in [7, 11) is 0. The minimum atomic E-state index is -0.694. The molecule has 1 aliphatic rings. The minimum absolute atomic E-state index is 0.0908. The number of nitro benzene ring substituents is 1. The third-order valence-electron chi connectivity index (χ3n) is 4.36. The number of anilines is 1. The lowest BCUT2D eigenvalue weighted by Crippen LogP contribution is -2.25. The number of benzene rings is 1. The highest BCUT2D eigenvalue weighted by atomic mass is 16.6. The molecule has 1 aromatic carbocycles. The van der Waals surface area contributed by atoms with Crippen molar-refractivity contribution in [3.63, 3.8) is 0 Å². The van der Waals surface area contributed by atoms with Crippen molar-refractivity contribution in [2.24, 2.45) is 5.41 Å². The molecule has 1 aliphatic heterocycles. The first-order valence-corrected chi connectivity index (χ1v) is 7.51. The molecule has 0 spiro atoms. The number of hydrogen-bond acceptors (Lipinski definition) is 4. The van der Waals surface area contributed by atoms with Crippen LogP contribution in [0.1, 0.15) is 51.7 Å². The molecule has 1 fully saturated rings. The second-order valence-corrected chi connectivity index (χ2v) is 6.69. The second-order valence-electron chi connectivity index (χ2n) is 6.69. The molecule has 1 N–H and O–H groups in total. The van der Waals surface area contributed by atoms with Crippen LogP contribution in [-0.4, -0.2) is 23.1 Å². The molecule has 5 heteroatoms. The van der Waals surface area contributed by atoms with Gasteiger partial charge >= 0.3 is 0 Å². The van der Waals surface area contributed by atoms with Crippen LogP contribution in [0.3, 0.4) is 0 Å². The van der Waals surface area contributed by atoms with Gasteiger partial charge in [-0.15, -0.1) is 0 Å². The van der Waals surface area contributed by atoms with E-state index in [-0.39, 0.29) is 10.6 Å². The molecule has 5 nitrogen and oxygen atoms in total. The molecule has 0 aliphatic carbocycles. The van der Waals surface area contributed by atoms with Crippen molar-refractivity contribution in [2.75, 3.05) is 18.0 Å². The molecule has 0 saturated carbocycles. The van der Waals surface area contributed by atoms with Crippen LogP contribution < -0.4 is 4.90 Å². The number of nitrogens with zero attached hydrogens (tertiary/aromatic N) is 2. The summed E-state index contributed by atoms with van der Waals surface area (Å²) in [6.45, 7) is 7.80. The number of nitro groups is 1. The molecule has 0 bridgehead atoms. The molecule has 0 radical (unpaired) electrons. The van der Waals surface area contributed by atoms with Gasteiger partial charge in [0, 0.05) is 19.2 Å². The molecule has 1 saturated heterocycles. The Morgan fingerprint density at radius 3 is 2.67 bits per heavy atom. The number of rotatable bonds is 3. The van der Waals surface area contributed by atoms with Gasteiger partial charge < -0.3 is 10.0 Å². The fourth-order valence-corrected chi connectivity index (χ4v) is 2.88. The zero-order valence-corrected chi connectivity index (χ0v) is 13.0. The van der Waals surface area contributed by atoms with E-state index in [4.69, 9.17) is 0 Å². The van der Waals surface area contributed by atoms with Crippen LogP contribution in [-0.2, 0) is 0 Å². The third kappa shape index (κ3) is 3.73. The summed E-state index contributed by atoms with van der Waals surface area (Å²) in [5.41, 5.74) is 1.64. The first-order valence-electron chi connectivity index (χ1n) is 7.51. The molecule has 1 aromatic rings. The van der Waals surface area contributed by atoms with E-state index >= 15 is 0 Å². The minimum Gasteiger partial charge on any atom is -0.389 e. The van der Waals surface area contributed by atoms with Gasteiger partial charge in [0.1, 0.15) is 5.69 Å². The van der Waals surface area contributed by atoms with Gasteiger partial charge in [-0.1, -0.05) is 19.9 Å². The summed E-state index contributed by atoms with van der Waals surface area (Å²) in [4.78, 5) is 13.1. The molecular weight excluding hydrogens is 268 g/mol. The van der Waals surface area contributed by atoms with Gasteiger partial charge in [0.2, 0.25) is 0 Å². The molecular formula is C16H24N2O3. The van der Waals surface area contributed by atoms with E-state index in [1.165, 1.54) is 6.07 Å². The summed E-state index contributed by atoms with van der Waals surface area (Å²) >= 11 is 0. The molecule has 1 heterocycles. The predicted molar refractivity (Wildman–Crippen MR) is 83.6 cm³/mol. The Bertz CT molecular complexity index is 526. The highest BCUT2D eigenvalue weighted by Crippen LogP contribution is 2.36. The van der Waals surface area contributed by atoms with E-state index < -0.39 is 6.10 Å². The molecule has 0 amide bonds. The van der Waals surface area contributed by atoms with E-state index in [9.17, 15) is 15.2 Å². The first-order chi connectivity index (χ1) is 9.80. The summed E-state index contributed by atoms with van der Waals surface area (Å²) in [5.74, 6) is 0. The monoisotopic (exact) mass is 292 g/mol. The third-order valence-corrected chi connectivity index (χ3v) is 4.36. The van der Waals surface area contributed by atoms with E-state index in [0.717, 1.165) is 32.4 Å². The fraction of sp³-hybridized carbons (Fsp3) is 0.625. The number of aliphatic hydroxyl groups excluding tert-OH is 1. The maximum atomic E-state index is 11.3. The second kappa shape index (κ2) is 6.02. The van der Waals surface area contributed by atoms with Crippen LogP contribution in [0.4, 0.5) is 11.4 Å². The van der Waals surface area contributed by atoms with Gasteiger partial charge in [-0.3, -0.25) is 10.1 Å². The van der Waals surface area contributed by atoms with E-state index in [1.807, 2.05) is 0 Å². The van der Waals surface area contributed by atoms with Crippen LogP contribution in [0.15, 0.2) is 18.2 Å². The van der Waals surface area contributed by atoms with Crippen LogP contribution in [0.2, 0.25) is 0 Å². The molecule has 0 unspecified atom stereocenters. The van der Waals surface area contributed by atoms with Crippen molar-refractivity contribution in [1.29, 1.82) is 0 Å². The van der Waals surface area contributed by atoms with Gasteiger partial charge in [0.05, 0.1) is 11.0 Å². The van der Waals surface area contributed by atoms with Gasteiger partial charge in [0.15, 0.2) is 0 Å². The lowest BCUT2D eigenvalue weighted by molar-refractivity contribution is -0.384. The summed E-state index contributed by atoms with van der Waals surface area (Å²) in [6, 6.07) is 5.05. The van der Waals surface area contributed by atoms with Crippen molar-refractivity contribution in [1.82, 2.24) is 0 Å². The Morgan fingerprint density at radius 1 is 1.33 bits per heavy atom. The molecule has 21 heavy (non-hydrogen) atoms. The summed E-state index contributed by atoms with van der Waals surface area (Å²) in [5, 5.41) is 21.0. The molecule has 0 aromatic heterocycles. The highest BCUT2D eigenvalue weighted by molar-refractivity contribution is 5.64. The lowest BCUT2D eigenvalue weighted by Gasteiger charge is -2.25. The Kier molecular flexibility index (Phi) is 4.52. The topological polar surface area (TPSA) is 66.6 Å². The maximum Gasteiger partial charge on any atom is 0.292 e. The number of aliphatic hydroxyl groups is 1. The summed E-state index contributed by atoms with van der Waals surface area (Å²) in [6.07, 6.45) is 2.52. The van der Waals surface area contributed by atoms with Crippen molar-refractivity contribution < 1.29 is 10.0 Å². The van der Waals surface area contributed by atoms with Crippen LogP contribution in [0, 0.1) is 15.5 Å². The van der Waals surface area contributed by atoms with Crippen LogP contribution in [0.5, 0.6) is 0 Å². The Morgan fingerprint density at radius 2 is 2.05 bits per heavy atom. The van der Waals surface area contributed by atoms with Gasteiger partial charge in [-0.05, 0) is 43.2 Å². The molecule has 116 valence electrons. The largest absolute Gasteiger partial charge is 0.389 e. The normalized spacial score (nSPS) is 19.9. The Labute approximate surface area is 125 Å².